The molecule has 1 atom stereocenters. The van der Waals surface area contributed by atoms with Crippen LogP contribution in [0.3, 0.4) is 0 Å². The van der Waals surface area contributed by atoms with Gasteiger partial charge in [0.2, 0.25) is 0 Å². The zero-order valence-corrected chi connectivity index (χ0v) is 6.90. The fourth-order valence-corrected chi connectivity index (χ4v) is 1.65. The number of carbonyl (C=O) groups excluding carboxylic acids is 1. The quantitative estimate of drug-likeness (QED) is 0.589. The lowest BCUT2D eigenvalue weighted by Gasteiger charge is -2.23. The molecule has 0 spiro atoms. The van der Waals surface area contributed by atoms with Crippen LogP contribution in [-0.4, -0.2) is 18.4 Å². The van der Waals surface area contributed by atoms with Gasteiger partial charge in [0.25, 0.3) is 0 Å². The molecule has 0 aliphatic carbocycles. The number of Topliss-reactive ketones (excluding diaryl/α,β-unsaturated/α-hetero) is 1. The van der Waals surface area contributed by atoms with Gasteiger partial charge in [0.15, 0.2) is 0 Å². The Morgan fingerprint density at radius 2 is 2.20 bits per heavy atom. The van der Waals surface area contributed by atoms with Gasteiger partial charge in [-0.15, -0.1) is 0 Å². The van der Waals surface area contributed by atoms with Crippen molar-refractivity contribution in [3.8, 4) is 0 Å². The third-order valence-electron chi connectivity index (χ3n) is 2.31. The van der Waals surface area contributed by atoms with E-state index in [0.29, 0.717) is 0 Å². The van der Waals surface area contributed by atoms with Gasteiger partial charge in [-0.05, 0) is 25.3 Å². The summed E-state index contributed by atoms with van der Waals surface area (Å²) in [4.78, 5) is 11.0. The van der Waals surface area contributed by atoms with Gasteiger partial charge < -0.3 is 5.32 Å². The summed E-state index contributed by atoms with van der Waals surface area (Å²) in [6, 6.07) is 0.0903. The topological polar surface area (TPSA) is 29.1 Å². The van der Waals surface area contributed by atoms with E-state index < -0.39 is 0 Å². The fourth-order valence-electron chi connectivity index (χ4n) is 1.65. The summed E-state index contributed by atoms with van der Waals surface area (Å²) in [7, 11) is 0. The molecule has 0 saturated carbocycles. The molecule has 1 rings (SSSR count). The largest absolute Gasteiger partial charge is 0.307 e. The standard InChI is InChI=1S/C8H15NO/c1-6(10)7-8(2,3)4-5-9-7/h7,9H,4-5H2,1-3H3. The summed E-state index contributed by atoms with van der Waals surface area (Å²) >= 11 is 0. The van der Waals surface area contributed by atoms with E-state index in [0.717, 1.165) is 13.0 Å². The highest BCUT2D eigenvalue weighted by atomic mass is 16.1. The Bertz CT molecular complexity index is 151. The van der Waals surface area contributed by atoms with Gasteiger partial charge in [-0.2, -0.15) is 0 Å². The SMILES string of the molecule is CC(=O)C1NCCC1(C)C. The van der Waals surface area contributed by atoms with Crippen molar-refractivity contribution >= 4 is 5.78 Å². The molecule has 1 saturated heterocycles. The van der Waals surface area contributed by atoms with Crippen LogP contribution < -0.4 is 5.32 Å². The number of hydrogen-bond acceptors (Lipinski definition) is 2. The normalized spacial score (nSPS) is 30.5. The molecular formula is C8H15NO. The van der Waals surface area contributed by atoms with E-state index in [9.17, 15) is 4.79 Å². The van der Waals surface area contributed by atoms with Crippen molar-refractivity contribution in [2.24, 2.45) is 5.41 Å². The lowest BCUT2D eigenvalue weighted by Crippen LogP contribution is -2.38. The van der Waals surface area contributed by atoms with Crippen LogP contribution >= 0.6 is 0 Å². The Morgan fingerprint density at radius 1 is 1.60 bits per heavy atom. The molecule has 0 amide bonds. The van der Waals surface area contributed by atoms with Crippen molar-refractivity contribution in [2.75, 3.05) is 6.54 Å². The number of nitrogens with one attached hydrogen (secondary N) is 1. The summed E-state index contributed by atoms with van der Waals surface area (Å²) in [6.07, 6.45) is 1.11. The fraction of sp³-hybridized carbons (Fsp3) is 0.875. The zero-order chi connectivity index (χ0) is 7.78. The van der Waals surface area contributed by atoms with Crippen LogP contribution in [0.15, 0.2) is 0 Å². The van der Waals surface area contributed by atoms with Crippen molar-refractivity contribution in [1.82, 2.24) is 5.32 Å². The molecule has 0 aromatic rings. The van der Waals surface area contributed by atoms with Crippen molar-refractivity contribution in [3.63, 3.8) is 0 Å². The number of carbonyl (C=O) groups is 1. The average Bonchev–Trinajstić information content (AvgIpc) is 2.08. The molecule has 1 unspecified atom stereocenters. The molecule has 1 aliphatic heterocycles. The van der Waals surface area contributed by atoms with E-state index in [2.05, 4.69) is 19.2 Å². The summed E-state index contributed by atoms with van der Waals surface area (Å²) in [5.74, 6) is 0.266. The Morgan fingerprint density at radius 3 is 2.40 bits per heavy atom. The van der Waals surface area contributed by atoms with E-state index in [1.54, 1.807) is 6.92 Å². The molecule has 0 aromatic carbocycles. The summed E-state index contributed by atoms with van der Waals surface area (Å²) in [5.41, 5.74) is 0.172. The minimum atomic E-state index is 0.0903. The molecule has 2 heteroatoms. The highest BCUT2D eigenvalue weighted by Gasteiger charge is 2.36. The predicted octanol–water partition coefficient (Wildman–Crippen LogP) is 0.964. The number of ketones is 1. The van der Waals surface area contributed by atoms with Crippen molar-refractivity contribution in [1.29, 1.82) is 0 Å². The van der Waals surface area contributed by atoms with Crippen molar-refractivity contribution in [3.05, 3.63) is 0 Å². The molecule has 0 radical (unpaired) electrons. The van der Waals surface area contributed by atoms with Gasteiger partial charge in [0.05, 0.1) is 6.04 Å². The Balaban J connectivity index is 2.68. The Kier molecular flexibility index (Phi) is 1.82. The minimum Gasteiger partial charge on any atom is -0.307 e. The van der Waals surface area contributed by atoms with E-state index in [1.165, 1.54) is 0 Å². The van der Waals surface area contributed by atoms with Crippen molar-refractivity contribution < 1.29 is 4.79 Å². The highest BCUT2D eigenvalue weighted by molar-refractivity contribution is 5.82. The third kappa shape index (κ3) is 1.21. The van der Waals surface area contributed by atoms with Gasteiger partial charge in [-0.3, -0.25) is 4.79 Å². The van der Waals surface area contributed by atoms with E-state index in [-0.39, 0.29) is 17.2 Å². The summed E-state index contributed by atoms with van der Waals surface area (Å²) < 4.78 is 0. The number of hydrogen-bond donors (Lipinski definition) is 1. The maximum absolute atomic E-state index is 11.0. The molecule has 0 bridgehead atoms. The van der Waals surface area contributed by atoms with Crippen LogP contribution in [0.2, 0.25) is 0 Å². The molecule has 1 aliphatic rings. The molecule has 1 N–H and O–H groups in total. The average molecular weight is 141 g/mol. The van der Waals surface area contributed by atoms with Crippen LogP contribution in [-0.2, 0) is 4.79 Å². The van der Waals surface area contributed by atoms with Crippen LogP contribution in [0, 0.1) is 5.41 Å². The van der Waals surface area contributed by atoms with E-state index >= 15 is 0 Å². The van der Waals surface area contributed by atoms with Gasteiger partial charge in [0.1, 0.15) is 5.78 Å². The summed E-state index contributed by atoms with van der Waals surface area (Å²) in [5, 5.41) is 3.20. The van der Waals surface area contributed by atoms with Crippen LogP contribution in [0.5, 0.6) is 0 Å². The second-order valence-corrected chi connectivity index (χ2v) is 3.74. The van der Waals surface area contributed by atoms with Crippen LogP contribution in [0.25, 0.3) is 0 Å². The maximum atomic E-state index is 11.0. The second-order valence-electron chi connectivity index (χ2n) is 3.74. The summed E-state index contributed by atoms with van der Waals surface area (Å²) in [6.45, 7) is 6.92. The van der Waals surface area contributed by atoms with E-state index in [1.807, 2.05) is 0 Å². The second kappa shape index (κ2) is 2.35. The van der Waals surface area contributed by atoms with Gasteiger partial charge >= 0.3 is 0 Å². The monoisotopic (exact) mass is 141 g/mol. The minimum absolute atomic E-state index is 0.0903. The molecule has 2 nitrogen and oxygen atoms in total. The lowest BCUT2D eigenvalue weighted by molar-refractivity contribution is -0.120. The molecule has 1 fully saturated rings. The Hall–Kier alpha value is -0.370. The van der Waals surface area contributed by atoms with Crippen molar-refractivity contribution in [2.45, 2.75) is 33.2 Å². The molecule has 1 heterocycles. The third-order valence-corrected chi connectivity index (χ3v) is 2.31. The maximum Gasteiger partial charge on any atom is 0.147 e. The smallest absolute Gasteiger partial charge is 0.147 e. The highest BCUT2D eigenvalue weighted by Crippen LogP contribution is 2.29. The lowest BCUT2D eigenvalue weighted by atomic mass is 9.83. The first-order valence-corrected chi connectivity index (χ1v) is 3.78. The zero-order valence-electron chi connectivity index (χ0n) is 6.90. The molecule has 58 valence electrons. The first-order chi connectivity index (χ1) is 4.54. The predicted molar refractivity (Wildman–Crippen MR) is 40.9 cm³/mol. The Labute approximate surface area is 62.0 Å². The van der Waals surface area contributed by atoms with E-state index in [4.69, 9.17) is 0 Å². The number of rotatable bonds is 1. The van der Waals surface area contributed by atoms with Gasteiger partial charge in [-0.25, -0.2) is 0 Å². The van der Waals surface area contributed by atoms with Gasteiger partial charge in [-0.1, -0.05) is 13.8 Å². The first kappa shape index (κ1) is 7.73. The van der Waals surface area contributed by atoms with Crippen LogP contribution in [0.4, 0.5) is 0 Å². The molecular weight excluding hydrogens is 126 g/mol. The van der Waals surface area contributed by atoms with Crippen LogP contribution in [0.1, 0.15) is 27.2 Å². The molecule has 10 heavy (non-hydrogen) atoms. The van der Waals surface area contributed by atoms with Gasteiger partial charge in [0, 0.05) is 0 Å². The molecule has 0 aromatic heterocycles. The first-order valence-electron chi connectivity index (χ1n) is 3.78.